The van der Waals surface area contributed by atoms with Crippen molar-refractivity contribution in [2.75, 3.05) is 11.4 Å². The van der Waals surface area contributed by atoms with Gasteiger partial charge >= 0.3 is 0 Å². The standard InChI is InChI=1S/C14H16ClNO2S2/c1-10(2)11-5-4-6-12(9-11)16(3)20(17,18)14-8-7-13(15)19-14/h4-10H,1-3H3. The van der Waals surface area contributed by atoms with Crippen LogP contribution in [0.2, 0.25) is 4.34 Å². The largest absolute Gasteiger partial charge is 0.273 e. The summed E-state index contributed by atoms with van der Waals surface area (Å²) in [5, 5.41) is 0. The van der Waals surface area contributed by atoms with Crippen LogP contribution in [-0.2, 0) is 10.0 Å². The number of nitrogens with zero attached hydrogens (tertiary/aromatic N) is 1. The summed E-state index contributed by atoms with van der Waals surface area (Å²) in [6.07, 6.45) is 0. The molecule has 1 aromatic heterocycles. The Hall–Kier alpha value is -1.04. The van der Waals surface area contributed by atoms with Gasteiger partial charge in [-0.1, -0.05) is 37.6 Å². The molecule has 6 heteroatoms. The van der Waals surface area contributed by atoms with Crippen LogP contribution in [0.3, 0.4) is 0 Å². The second kappa shape index (κ2) is 5.76. The Balaban J connectivity index is 2.40. The van der Waals surface area contributed by atoms with E-state index < -0.39 is 10.0 Å². The maximum atomic E-state index is 12.5. The van der Waals surface area contributed by atoms with Crippen molar-refractivity contribution in [2.45, 2.75) is 24.0 Å². The summed E-state index contributed by atoms with van der Waals surface area (Å²) in [4.78, 5) is 0. The molecule has 0 spiro atoms. The second-order valence-electron chi connectivity index (χ2n) is 4.78. The summed E-state index contributed by atoms with van der Waals surface area (Å²) >= 11 is 6.88. The first-order valence-corrected chi connectivity index (χ1v) is 8.80. The average molecular weight is 330 g/mol. The molecule has 0 saturated heterocycles. The van der Waals surface area contributed by atoms with Gasteiger partial charge in [0.2, 0.25) is 0 Å². The quantitative estimate of drug-likeness (QED) is 0.836. The molecule has 0 aliphatic rings. The van der Waals surface area contributed by atoms with Crippen LogP contribution in [0.15, 0.2) is 40.6 Å². The molecule has 0 unspecified atom stereocenters. The van der Waals surface area contributed by atoms with Crippen molar-refractivity contribution in [3.05, 3.63) is 46.3 Å². The van der Waals surface area contributed by atoms with E-state index in [4.69, 9.17) is 11.6 Å². The van der Waals surface area contributed by atoms with Crippen LogP contribution in [0.4, 0.5) is 5.69 Å². The van der Waals surface area contributed by atoms with Crippen LogP contribution in [0, 0.1) is 0 Å². The lowest BCUT2D eigenvalue weighted by Crippen LogP contribution is -2.25. The number of anilines is 1. The van der Waals surface area contributed by atoms with E-state index in [1.54, 1.807) is 19.2 Å². The van der Waals surface area contributed by atoms with Gasteiger partial charge in [-0.3, -0.25) is 4.31 Å². The first-order chi connectivity index (χ1) is 9.32. The van der Waals surface area contributed by atoms with Crippen LogP contribution in [0.25, 0.3) is 0 Å². The highest BCUT2D eigenvalue weighted by atomic mass is 35.5. The summed E-state index contributed by atoms with van der Waals surface area (Å²) in [5.74, 6) is 0.349. The minimum atomic E-state index is -3.55. The van der Waals surface area contributed by atoms with E-state index in [1.807, 2.05) is 18.2 Å². The lowest BCUT2D eigenvalue weighted by molar-refractivity contribution is 0.596. The maximum absolute atomic E-state index is 12.5. The highest BCUT2D eigenvalue weighted by molar-refractivity contribution is 7.94. The molecule has 0 bridgehead atoms. The van der Waals surface area contributed by atoms with Crippen molar-refractivity contribution < 1.29 is 8.42 Å². The lowest BCUT2D eigenvalue weighted by Gasteiger charge is -2.19. The fourth-order valence-electron chi connectivity index (χ4n) is 1.79. The third-order valence-corrected chi connectivity index (χ3v) is 6.55. The zero-order valence-corrected chi connectivity index (χ0v) is 13.9. The topological polar surface area (TPSA) is 37.4 Å². The Bertz CT molecular complexity index is 707. The zero-order valence-electron chi connectivity index (χ0n) is 11.5. The van der Waals surface area contributed by atoms with Gasteiger partial charge in [-0.15, -0.1) is 11.3 Å². The SMILES string of the molecule is CC(C)c1cccc(N(C)S(=O)(=O)c2ccc(Cl)s2)c1. The highest BCUT2D eigenvalue weighted by Crippen LogP contribution is 2.30. The molecule has 3 nitrogen and oxygen atoms in total. The van der Waals surface area contributed by atoms with E-state index >= 15 is 0 Å². The predicted molar refractivity (Wildman–Crippen MR) is 85.4 cm³/mol. The van der Waals surface area contributed by atoms with Gasteiger partial charge in [0.25, 0.3) is 10.0 Å². The van der Waals surface area contributed by atoms with Crippen LogP contribution < -0.4 is 4.31 Å². The fraction of sp³-hybridized carbons (Fsp3) is 0.286. The van der Waals surface area contributed by atoms with Gasteiger partial charge < -0.3 is 0 Å². The van der Waals surface area contributed by atoms with Gasteiger partial charge in [-0.2, -0.15) is 0 Å². The third kappa shape index (κ3) is 3.00. The molecule has 0 aliphatic carbocycles. The average Bonchev–Trinajstić information content (AvgIpc) is 2.85. The van der Waals surface area contributed by atoms with Crippen molar-refractivity contribution in [2.24, 2.45) is 0 Å². The molecule has 108 valence electrons. The molecule has 1 aromatic carbocycles. The van der Waals surface area contributed by atoms with Gasteiger partial charge in [0.1, 0.15) is 4.21 Å². The van der Waals surface area contributed by atoms with Crippen molar-refractivity contribution in [1.82, 2.24) is 0 Å². The number of rotatable bonds is 4. The van der Waals surface area contributed by atoms with Crippen molar-refractivity contribution in [3.63, 3.8) is 0 Å². The molecule has 0 amide bonds. The van der Waals surface area contributed by atoms with E-state index in [0.717, 1.165) is 16.9 Å². The number of hydrogen-bond donors (Lipinski definition) is 0. The van der Waals surface area contributed by atoms with Crippen LogP contribution in [0.1, 0.15) is 25.3 Å². The molecule has 20 heavy (non-hydrogen) atoms. The predicted octanol–water partition coefficient (Wildman–Crippen LogP) is 4.35. The monoisotopic (exact) mass is 329 g/mol. The van der Waals surface area contributed by atoms with Crippen molar-refractivity contribution in [1.29, 1.82) is 0 Å². The highest BCUT2D eigenvalue weighted by Gasteiger charge is 2.23. The molecule has 1 heterocycles. The number of halogens is 1. The van der Waals surface area contributed by atoms with Crippen molar-refractivity contribution >= 4 is 38.6 Å². The van der Waals surface area contributed by atoms with E-state index in [2.05, 4.69) is 13.8 Å². The van der Waals surface area contributed by atoms with Crippen LogP contribution in [0.5, 0.6) is 0 Å². The van der Waals surface area contributed by atoms with Gasteiger partial charge in [0.05, 0.1) is 10.0 Å². The Morgan fingerprint density at radius 2 is 1.90 bits per heavy atom. The normalized spacial score (nSPS) is 11.8. The third-order valence-electron chi connectivity index (χ3n) is 3.06. The summed E-state index contributed by atoms with van der Waals surface area (Å²) in [7, 11) is -1.99. The van der Waals surface area contributed by atoms with Crippen LogP contribution in [-0.4, -0.2) is 15.5 Å². The number of thiophene rings is 1. The molecule has 0 atom stereocenters. The molecule has 0 N–H and O–H groups in total. The van der Waals surface area contributed by atoms with Crippen LogP contribution >= 0.6 is 22.9 Å². The van der Waals surface area contributed by atoms with Gasteiger partial charge in [-0.05, 0) is 35.7 Å². The van der Waals surface area contributed by atoms with Gasteiger partial charge in [0.15, 0.2) is 0 Å². The summed E-state index contributed by atoms with van der Waals surface area (Å²) in [6, 6.07) is 10.7. The van der Waals surface area contributed by atoms with Crippen molar-refractivity contribution in [3.8, 4) is 0 Å². The Kier molecular flexibility index (Phi) is 4.42. The van der Waals surface area contributed by atoms with E-state index in [0.29, 0.717) is 15.9 Å². The molecule has 0 radical (unpaired) electrons. The smallest absolute Gasteiger partial charge is 0.269 e. The minimum Gasteiger partial charge on any atom is -0.269 e. The summed E-state index contributed by atoms with van der Waals surface area (Å²) < 4.78 is 27.0. The molecular weight excluding hydrogens is 314 g/mol. The Labute approximate surface area is 128 Å². The minimum absolute atomic E-state index is 0.250. The molecule has 2 rings (SSSR count). The number of benzene rings is 1. The zero-order chi connectivity index (χ0) is 14.9. The number of hydrogen-bond acceptors (Lipinski definition) is 3. The fourth-order valence-corrected chi connectivity index (χ4v) is 4.63. The first-order valence-electron chi connectivity index (χ1n) is 6.16. The van der Waals surface area contributed by atoms with Gasteiger partial charge in [0, 0.05) is 7.05 Å². The molecular formula is C14H16ClNO2S2. The molecule has 2 aromatic rings. The Morgan fingerprint density at radius 3 is 2.45 bits per heavy atom. The maximum Gasteiger partial charge on any atom is 0.273 e. The first kappa shape index (κ1) is 15.4. The molecule has 0 saturated carbocycles. The second-order valence-corrected chi connectivity index (χ2v) is 8.69. The molecule has 0 aliphatic heterocycles. The summed E-state index contributed by atoms with van der Waals surface area (Å²) in [6.45, 7) is 4.15. The Morgan fingerprint density at radius 1 is 1.20 bits per heavy atom. The lowest BCUT2D eigenvalue weighted by atomic mass is 10.0. The van der Waals surface area contributed by atoms with E-state index in [-0.39, 0.29) is 4.21 Å². The van der Waals surface area contributed by atoms with E-state index in [9.17, 15) is 8.42 Å². The molecule has 0 fully saturated rings. The van der Waals surface area contributed by atoms with Gasteiger partial charge in [-0.25, -0.2) is 8.42 Å². The van der Waals surface area contributed by atoms with E-state index in [1.165, 1.54) is 10.4 Å². The number of sulfonamides is 1. The summed E-state index contributed by atoms with van der Waals surface area (Å²) in [5.41, 5.74) is 1.76.